The third-order valence-electron chi connectivity index (χ3n) is 4.84. The summed E-state index contributed by atoms with van der Waals surface area (Å²) in [6.45, 7) is 7.29. The smallest absolute Gasteiger partial charge is 0.233 e. The first kappa shape index (κ1) is 22.2. The molecule has 2 aromatic rings. The lowest BCUT2D eigenvalue weighted by Gasteiger charge is -2.15. The topological polar surface area (TPSA) is 44.2 Å². The first-order valence-electron chi connectivity index (χ1n) is 11.0. The van der Waals surface area contributed by atoms with E-state index in [1.165, 1.54) is 44.9 Å². The van der Waals surface area contributed by atoms with Crippen molar-refractivity contribution in [1.82, 2.24) is 10.2 Å². The number of hydrogen-bond acceptors (Lipinski definition) is 4. The van der Waals surface area contributed by atoms with Crippen LogP contribution in [0.5, 0.6) is 11.6 Å². The van der Waals surface area contributed by atoms with E-state index in [0.717, 1.165) is 29.8 Å². The highest BCUT2D eigenvalue weighted by molar-refractivity contribution is 5.59. The quantitative estimate of drug-likeness (QED) is 0.334. The van der Waals surface area contributed by atoms with Crippen LogP contribution in [0.2, 0.25) is 0 Å². The SMILES string of the molecule is CCCCCCOc1ccc(-c2ccc(OC(C)CCCCCC)cc2)nn1. The molecule has 0 saturated carbocycles. The Labute approximate surface area is 170 Å². The molecule has 4 heteroatoms. The molecule has 0 spiro atoms. The molecular formula is C24H36N2O2. The van der Waals surface area contributed by atoms with Crippen LogP contribution in [0.25, 0.3) is 11.3 Å². The molecule has 0 aliphatic carbocycles. The zero-order valence-corrected chi connectivity index (χ0v) is 17.8. The van der Waals surface area contributed by atoms with Crippen molar-refractivity contribution in [2.24, 2.45) is 0 Å². The van der Waals surface area contributed by atoms with Crippen LogP contribution in [0.4, 0.5) is 0 Å². The molecule has 1 atom stereocenters. The second kappa shape index (κ2) is 13.1. The van der Waals surface area contributed by atoms with Crippen LogP contribution in [0, 0.1) is 0 Å². The van der Waals surface area contributed by atoms with E-state index in [1.54, 1.807) is 0 Å². The van der Waals surface area contributed by atoms with Gasteiger partial charge >= 0.3 is 0 Å². The van der Waals surface area contributed by atoms with Crippen molar-refractivity contribution in [2.75, 3.05) is 6.61 Å². The monoisotopic (exact) mass is 384 g/mol. The zero-order valence-electron chi connectivity index (χ0n) is 17.8. The molecule has 2 rings (SSSR count). The van der Waals surface area contributed by atoms with Crippen LogP contribution >= 0.6 is 0 Å². The van der Waals surface area contributed by atoms with E-state index < -0.39 is 0 Å². The summed E-state index contributed by atoms with van der Waals surface area (Å²) >= 11 is 0. The highest BCUT2D eigenvalue weighted by atomic mass is 16.5. The second-order valence-electron chi connectivity index (χ2n) is 7.47. The van der Waals surface area contributed by atoms with Crippen molar-refractivity contribution in [3.05, 3.63) is 36.4 Å². The molecule has 1 aromatic carbocycles. The molecular weight excluding hydrogens is 348 g/mol. The normalized spacial score (nSPS) is 12.0. The van der Waals surface area contributed by atoms with Gasteiger partial charge in [-0.25, -0.2) is 0 Å². The Kier molecular flexibility index (Phi) is 10.4. The Morgan fingerprint density at radius 1 is 0.786 bits per heavy atom. The van der Waals surface area contributed by atoms with Crippen molar-refractivity contribution in [3.63, 3.8) is 0 Å². The Morgan fingerprint density at radius 3 is 2.14 bits per heavy atom. The van der Waals surface area contributed by atoms with E-state index in [9.17, 15) is 0 Å². The van der Waals surface area contributed by atoms with Gasteiger partial charge in [-0.15, -0.1) is 10.2 Å². The number of aromatic nitrogens is 2. The molecule has 0 aliphatic heterocycles. The van der Waals surface area contributed by atoms with E-state index >= 15 is 0 Å². The molecule has 0 aliphatic rings. The van der Waals surface area contributed by atoms with Gasteiger partial charge in [-0.1, -0.05) is 52.4 Å². The van der Waals surface area contributed by atoms with Crippen LogP contribution in [-0.2, 0) is 0 Å². The molecule has 1 heterocycles. The molecule has 1 aromatic heterocycles. The molecule has 28 heavy (non-hydrogen) atoms. The molecule has 4 nitrogen and oxygen atoms in total. The highest BCUT2D eigenvalue weighted by Gasteiger charge is 2.06. The Balaban J connectivity index is 1.79. The molecule has 0 amide bonds. The predicted octanol–water partition coefficient (Wildman–Crippen LogP) is 6.84. The fourth-order valence-corrected chi connectivity index (χ4v) is 3.11. The summed E-state index contributed by atoms with van der Waals surface area (Å²) in [6.07, 6.45) is 11.2. The minimum absolute atomic E-state index is 0.247. The first-order valence-corrected chi connectivity index (χ1v) is 11.0. The second-order valence-corrected chi connectivity index (χ2v) is 7.47. The van der Waals surface area contributed by atoms with Crippen molar-refractivity contribution in [3.8, 4) is 22.9 Å². The van der Waals surface area contributed by atoms with Crippen LogP contribution in [0.3, 0.4) is 0 Å². The molecule has 154 valence electrons. The van der Waals surface area contributed by atoms with Crippen LogP contribution in [0.15, 0.2) is 36.4 Å². The molecule has 0 fully saturated rings. The van der Waals surface area contributed by atoms with Gasteiger partial charge in [0.05, 0.1) is 18.4 Å². The fourth-order valence-electron chi connectivity index (χ4n) is 3.11. The average molecular weight is 385 g/mol. The third kappa shape index (κ3) is 8.28. The maximum atomic E-state index is 6.02. The summed E-state index contributed by atoms with van der Waals surface area (Å²) in [7, 11) is 0. The number of benzene rings is 1. The summed E-state index contributed by atoms with van der Waals surface area (Å²) in [5.41, 5.74) is 1.88. The predicted molar refractivity (Wildman–Crippen MR) is 116 cm³/mol. The maximum Gasteiger partial charge on any atom is 0.233 e. The number of nitrogens with zero attached hydrogens (tertiary/aromatic N) is 2. The molecule has 0 N–H and O–H groups in total. The Morgan fingerprint density at radius 2 is 1.50 bits per heavy atom. The molecule has 0 bridgehead atoms. The Hall–Kier alpha value is -2.10. The largest absolute Gasteiger partial charge is 0.491 e. The van der Waals surface area contributed by atoms with Crippen molar-refractivity contribution in [2.45, 2.75) is 84.7 Å². The van der Waals surface area contributed by atoms with Gasteiger partial charge in [0, 0.05) is 11.6 Å². The van der Waals surface area contributed by atoms with Crippen molar-refractivity contribution >= 4 is 0 Å². The van der Waals surface area contributed by atoms with Gasteiger partial charge in [0.1, 0.15) is 5.75 Å². The van der Waals surface area contributed by atoms with E-state index in [2.05, 4.69) is 31.0 Å². The summed E-state index contributed by atoms with van der Waals surface area (Å²) in [5.74, 6) is 1.50. The van der Waals surface area contributed by atoms with Gasteiger partial charge in [-0.2, -0.15) is 0 Å². The molecule has 0 radical (unpaired) electrons. The maximum absolute atomic E-state index is 6.02. The summed E-state index contributed by atoms with van der Waals surface area (Å²) in [5, 5.41) is 8.49. The average Bonchev–Trinajstić information content (AvgIpc) is 2.72. The lowest BCUT2D eigenvalue weighted by Crippen LogP contribution is -2.11. The minimum atomic E-state index is 0.247. The number of ether oxygens (including phenoxy) is 2. The van der Waals surface area contributed by atoms with Gasteiger partial charge in [0.2, 0.25) is 5.88 Å². The van der Waals surface area contributed by atoms with Gasteiger partial charge < -0.3 is 9.47 Å². The van der Waals surface area contributed by atoms with Crippen LogP contribution in [0.1, 0.15) is 78.6 Å². The lowest BCUT2D eigenvalue weighted by atomic mass is 10.1. The lowest BCUT2D eigenvalue weighted by molar-refractivity contribution is 0.206. The number of rotatable bonds is 14. The zero-order chi connectivity index (χ0) is 20.0. The van der Waals surface area contributed by atoms with Crippen molar-refractivity contribution < 1.29 is 9.47 Å². The van der Waals surface area contributed by atoms with E-state index in [4.69, 9.17) is 9.47 Å². The summed E-state index contributed by atoms with van der Waals surface area (Å²) < 4.78 is 11.7. The van der Waals surface area contributed by atoms with E-state index in [-0.39, 0.29) is 6.10 Å². The summed E-state index contributed by atoms with van der Waals surface area (Å²) in [4.78, 5) is 0. The van der Waals surface area contributed by atoms with Crippen molar-refractivity contribution in [1.29, 1.82) is 0 Å². The number of hydrogen-bond donors (Lipinski definition) is 0. The highest BCUT2D eigenvalue weighted by Crippen LogP contribution is 2.22. The Bertz CT molecular complexity index is 641. The standard InChI is InChI=1S/C24H36N2O2/c1-4-6-8-10-12-20(3)28-22-15-13-21(14-16-22)23-17-18-24(26-25-23)27-19-11-9-7-5-2/h13-18,20H,4-12,19H2,1-3H3. The minimum Gasteiger partial charge on any atom is -0.491 e. The number of unbranched alkanes of at least 4 members (excludes halogenated alkanes) is 6. The van der Waals surface area contributed by atoms with Gasteiger partial charge in [-0.05, 0) is 56.5 Å². The molecule has 1 unspecified atom stereocenters. The van der Waals surface area contributed by atoms with E-state index in [0.29, 0.717) is 12.5 Å². The fraction of sp³-hybridized carbons (Fsp3) is 0.583. The van der Waals surface area contributed by atoms with Gasteiger partial charge in [-0.3, -0.25) is 0 Å². The first-order chi connectivity index (χ1) is 13.7. The van der Waals surface area contributed by atoms with Crippen LogP contribution in [-0.4, -0.2) is 22.9 Å². The van der Waals surface area contributed by atoms with Crippen LogP contribution < -0.4 is 9.47 Å². The van der Waals surface area contributed by atoms with Gasteiger partial charge in [0.25, 0.3) is 0 Å². The molecule has 0 saturated heterocycles. The van der Waals surface area contributed by atoms with E-state index in [1.807, 2.05) is 36.4 Å². The van der Waals surface area contributed by atoms with Gasteiger partial charge in [0.15, 0.2) is 0 Å². The summed E-state index contributed by atoms with van der Waals surface area (Å²) in [6, 6.07) is 11.9. The third-order valence-corrected chi connectivity index (χ3v) is 4.84.